The second kappa shape index (κ2) is 5.40. The molecule has 0 amide bonds. The smallest absolute Gasteiger partial charge is 0.127 e. The fourth-order valence-electron chi connectivity index (χ4n) is 2.59. The maximum atomic E-state index is 13.5. The largest absolute Gasteiger partial charge is 0.301 e. The number of hydrogen-bond donors (Lipinski definition) is 1. The second-order valence-corrected chi connectivity index (χ2v) is 5.59. The van der Waals surface area contributed by atoms with E-state index in [0.717, 1.165) is 17.9 Å². The van der Waals surface area contributed by atoms with Crippen LogP contribution in [0.25, 0.3) is 0 Å². The summed E-state index contributed by atoms with van der Waals surface area (Å²) in [6.45, 7) is 1.70. The van der Waals surface area contributed by atoms with Crippen molar-refractivity contribution in [1.29, 1.82) is 0 Å². The van der Waals surface area contributed by atoms with E-state index < -0.39 is 0 Å². The normalized spacial score (nSPS) is 18.1. The van der Waals surface area contributed by atoms with Crippen molar-refractivity contribution in [2.75, 3.05) is 19.3 Å². The summed E-state index contributed by atoms with van der Waals surface area (Å²) < 4.78 is 13.5. The Kier molecular flexibility index (Phi) is 4.10. The summed E-state index contributed by atoms with van der Waals surface area (Å²) in [7, 11) is 2.07. The Morgan fingerprint density at radius 2 is 2.06 bits per heavy atom. The van der Waals surface area contributed by atoms with Gasteiger partial charge in [-0.1, -0.05) is 24.6 Å². The van der Waals surface area contributed by atoms with Gasteiger partial charge in [-0.25, -0.2) is 4.39 Å². The maximum absolute atomic E-state index is 13.5. The molecule has 0 unspecified atom stereocenters. The van der Waals surface area contributed by atoms with Crippen molar-refractivity contribution < 1.29 is 4.39 Å². The van der Waals surface area contributed by atoms with Crippen LogP contribution in [-0.4, -0.2) is 24.2 Å². The van der Waals surface area contributed by atoms with E-state index in [-0.39, 0.29) is 5.82 Å². The Balaban J connectivity index is 1.93. The number of thiol groups is 1. The quantitative estimate of drug-likeness (QED) is 0.788. The van der Waals surface area contributed by atoms with Crippen LogP contribution in [0.15, 0.2) is 24.3 Å². The topological polar surface area (TPSA) is 3.24 Å². The van der Waals surface area contributed by atoms with Gasteiger partial charge in [-0.05, 0) is 37.1 Å². The molecule has 1 aliphatic carbocycles. The molecule has 1 nitrogen and oxygen atoms in total. The highest BCUT2D eigenvalue weighted by Crippen LogP contribution is 2.42. The fourth-order valence-corrected chi connectivity index (χ4v) is 3.01. The molecule has 1 aliphatic rings. The van der Waals surface area contributed by atoms with Crippen LogP contribution in [0.5, 0.6) is 0 Å². The van der Waals surface area contributed by atoms with Gasteiger partial charge in [0, 0.05) is 18.7 Å². The molecule has 2 rings (SSSR count). The van der Waals surface area contributed by atoms with Gasteiger partial charge in [0.15, 0.2) is 0 Å². The van der Waals surface area contributed by atoms with Crippen LogP contribution in [0.4, 0.5) is 4.39 Å². The van der Waals surface area contributed by atoms with Crippen molar-refractivity contribution in [3.63, 3.8) is 0 Å². The molecular weight excluding hydrogens is 233 g/mol. The molecule has 0 bridgehead atoms. The van der Waals surface area contributed by atoms with Crippen LogP contribution >= 0.6 is 12.6 Å². The van der Waals surface area contributed by atoms with Crippen molar-refractivity contribution in [2.45, 2.75) is 25.8 Å². The Hall–Kier alpha value is -0.540. The lowest BCUT2D eigenvalue weighted by Gasteiger charge is -2.43. The Morgan fingerprint density at radius 3 is 2.59 bits per heavy atom. The lowest BCUT2D eigenvalue weighted by atomic mass is 9.70. The number of rotatable bonds is 5. The van der Waals surface area contributed by atoms with E-state index in [4.69, 9.17) is 0 Å². The molecule has 0 N–H and O–H groups in total. The third-order valence-corrected chi connectivity index (χ3v) is 4.42. The molecule has 0 atom stereocenters. The van der Waals surface area contributed by atoms with Gasteiger partial charge in [0.05, 0.1) is 0 Å². The first-order valence-electron chi connectivity index (χ1n) is 6.18. The summed E-state index contributed by atoms with van der Waals surface area (Å²) in [6, 6.07) is 7.02. The van der Waals surface area contributed by atoms with Gasteiger partial charge in [0.2, 0.25) is 0 Å². The summed E-state index contributed by atoms with van der Waals surface area (Å²) in [5.41, 5.74) is 1.16. The van der Waals surface area contributed by atoms with Crippen molar-refractivity contribution in [2.24, 2.45) is 5.41 Å². The lowest BCUT2D eigenvalue weighted by Crippen LogP contribution is -2.42. The highest BCUT2D eigenvalue weighted by Gasteiger charge is 2.36. The molecule has 0 radical (unpaired) electrons. The molecule has 17 heavy (non-hydrogen) atoms. The predicted octanol–water partition coefficient (Wildman–Crippen LogP) is 3.36. The van der Waals surface area contributed by atoms with E-state index >= 15 is 0 Å². The lowest BCUT2D eigenvalue weighted by molar-refractivity contribution is 0.101. The van der Waals surface area contributed by atoms with Crippen LogP contribution in [-0.2, 0) is 6.54 Å². The summed E-state index contributed by atoms with van der Waals surface area (Å²) >= 11 is 4.45. The number of halogens is 1. The minimum atomic E-state index is -0.104. The fraction of sp³-hybridized carbons (Fsp3) is 0.571. The van der Waals surface area contributed by atoms with Crippen LogP contribution in [0.3, 0.4) is 0 Å². The molecular formula is C14H20FNS. The monoisotopic (exact) mass is 253 g/mol. The van der Waals surface area contributed by atoms with Gasteiger partial charge < -0.3 is 4.90 Å². The standard InChI is InChI=1S/C14H20FNS/c1-16(10-14(11-17)7-4-8-14)9-12-5-2-3-6-13(12)15/h2-3,5-6,17H,4,7-11H2,1H3. The van der Waals surface area contributed by atoms with Crippen LogP contribution in [0.1, 0.15) is 24.8 Å². The Labute approximate surface area is 108 Å². The third kappa shape index (κ3) is 3.02. The molecule has 0 spiro atoms. The molecule has 1 fully saturated rings. The number of nitrogens with zero attached hydrogens (tertiary/aromatic N) is 1. The van der Waals surface area contributed by atoms with Gasteiger partial charge in [0.25, 0.3) is 0 Å². The molecule has 0 aromatic heterocycles. The van der Waals surface area contributed by atoms with Crippen molar-refractivity contribution in [3.8, 4) is 0 Å². The molecule has 1 aromatic carbocycles. The SMILES string of the molecule is CN(Cc1ccccc1F)CC1(CS)CCC1. The highest BCUT2D eigenvalue weighted by molar-refractivity contribution is 7.80. The minimum absolute atomic E-state index is 0.104. The van der Waals surface area contributed by atoms with E-state index in [2.05, 4.69) is 24.6 Å². The average Bonchev–Trinajstić information content (AvgIpc) is 2.27. The summed E-state index contributed by atoms with van der Waals surface area (Å²) in [4.78, 5) is 2.22. The first-order valence-corrected chi connectivity index (χ1v) is 6.81. The van der Waals surface area contributed by atoms with E-state index in [9.17, 15) is 4.39 Å². The maximum Gasteiger partial charge on any atom is 0.127 e. The Bertz CT molecular complexity index is 371. The first kappa shape index (κ1) is 12.9. The van der Waals surface area contributed by atoms with E-state index in [1.165, 1.54) is 25.3 Å². The van der Waals surface area contributed by atoms with Crippen LogP contribution in [0.2, 0.25) is 0 Å². The number of benzene rings is 1. The molecule has 1 saturated carbocycles. The van der Waals surface area contributed by atoms with Crippen molar-refractivity contribution >= 4 is 12.6 Å². The Morgan fingerprint density at radius 1 is 1.35 bits per heavy atom. The average molecular weight is 253 g/mol. The van der Waals surface area contributed by atoms with Gasteiger partial charge in [-0.15, -0.1) is 0 Å². The molecule has 0 aliphatic heterocycles. The zero-order valence-electron chi connectivity index (χ0n) is 10.3. The van der Waals surface area contributed by atoms with Gasteiger partial charge in [-0.2, -0.15) is 12.6 Å². The van der Waals surface area contributed by atoms with E-state index in [1.54, 1.807) is 6.07 Å². The second-order valence-electron chi connectivity index (χ2n) is 5.28. The molecule has 1 aromatic rings. The van der Waals surface area contributed by atoms with Gasteiger partial charge >= 0.3 is 0 Å². The van der Waals surface area contributed by atoms with E-state index in [1.807, 2.05) is 12.1 Å². The predicted molar refractivity (Wildman–Crippen MR) is 72.9 cm³/mol. The highest BCUT2D eigenvalue weighted by atomic mass is 32.1. The number of hydrogen-bond acceptors (Lipinski definition) is 2. The van der Waals surface area contributed by atoms with Gasteiger partial charge in [-0.3, -0.25) is 0 Å². The van der Waals surface area contributed by atoms with Gasteiger partial charge in [0.1, 0.15) is 5.82 Å². The molecule has 0 saturated heterocycles. The molecule has 0 heterocycles. The summed E-state index contributed by atoms with van der Waals surface area (Å²) in [6.07, 6.45) is 3.84. The first-order chi connectivity index (χ1) is 8.15. The minimum Gasteiger partial charge on any atom is -0.301 e. The van der Waals surface area contributed by atoms with Crippen LogP contribution in [0, 0.1) is 11.2 Å². The molecule has 94 valence electrons. The zero-order valence-corrected chi connectivity index (χ0v) is 11.2. The van der Waals surface area contributed by atoms with Crippen LogP contribution < -0.4 is 0 Å². The van der Waals surface area contributed by atoms with E-state index in [0.29, 0.717) is 12.0 Å². The summed E-state index contributed by atoms with van der Waals surface area (Å²) in [5.74, 6) is 0.835. The van der Waals surface area contributed by atoms with Crippen molar-refractivity contribution in [3.05, 3.63) is 35.6 Å². The van der Waals surface area contributed by atoms with Crippen molar-refractivity contribution in [1.82, 2.24) is 4.90 Å². The third-order valence-electron chi connectivity index (χ3n) is 3.75. The molecule has 3 heteroatoms. The summed E-state index contributed by atoms with van der Waals surface area (Å²) in [5, 5.41) is 0. The zero-order chi connectivity index (χ0) is 12.3.